The van der Waals surface area contributed by atoms with Crippen LogP contribution in [0.15, 0.2) is 42.5 Å². The molecule has 8 heteroatoms. The lowest BCUT2D eigenvalue weighted by molar-refractivity contribution is -0.142. The molecule has 0 spiro atoms. The summed E-state index contributed by atoms with van der Waals surface area (Å²) in [5, 5.41) is 7.52. The first kappa shape index (κ1) is 19.8. The lowest BCUT2D eigenvalue weighted by atomic mass is 9.85. The number of amidine groups is 1. The molecule has 2 aromatic rings. The van der Waals surface area contributed by atoms with Gasteiger partial charge in [0.1, 0.15) is 17.5 Å². The summed E-state index contributed by atoms with van der Waals surface area (Å²) in [6.07, 6.45) is 1.67. The molecule has 0 radical (unpaired) electrons. The second-order valence-electron chi connectivity index (χ2n) is 8.48. The standard InChI is InChI=1S/C23H22F2N4O2/c24-14-6-3-12(4-7-14)11-29-22(30)18-17-2-1-9-28(17)20(19(18)23(29)31)15-8-5-13(21(26)27)10-16(15)25/h3-8,10,17-20H,1-2,9,11H2,(H3,26,27)/t17-,18-,19-,20-/m0/s1. The lowest BCUT2D eigenvalue weighted by Crippen LogP contribution is -2.39. The fourth-order valence-corrected chi connectivity index (χ4v) is 5.50. The second kappa shape index (κ2) is 7.23. The maximum atomic E-state index is 15.1. The lowest BCUT2D eigenvalue weighted by Gasteiger charge is -2.29. The van der Waals surface area contributed by atoms with Crippen molar-refractivity contribution in [1.82, 2.24) is 9.80 Å². The molecule has 4 atom stereocenters. The van der Waals surface area contributed by atoms with Crippen molar-refractivity contribution in [2.75, 3.05) is 6.54 Å². The third-order valence-electron chi connectivity index (χ3n) is 6.83. The van der Waals surface area contributed by atoms with E-state index in [1.54, 1.807) is 24.3 Å². The zero-order valence-corrected chi connectivity index (χ0v) is 16.7. The zero-order valence-electron chi connectivity index (χ0n) is 16.7. The van der Waals surface area contributed by atoms with E-state index in [4.69, 9.17) is 11.1 Å². The molecule has 0 bridgehead atoms. The minimum Gasteiger partial charge on any atom is -0.384 e. The Kier molecular flexibility index (Phi) is 4.62. The third kappa shape index (κ3) is 3.05. The number of imide groups is 1. The Balaban J connectivity index is 1.51. The predicted molar refractivity (Wildman–Crippen MR) is 109 cm³/mol. The van der Waals surface area contributed by atoms with Gasteiger partial charge in [0, 0.05) is 17.2 Å². The van der Waals surface area contributed by atoms with E-state index >= 15 is 4.39 Å². The largest absolute Gasteiger partial charge is 0.384 e. The first-order chi connectivity index (χ1) is 14.9. The van der Waals surface area contributed by atoms with Gasteiger partial charge in [0.2, 0.25) is 11.8 Å². The highest BCUT2D eigenvalue weighted by Crippen LogP contribution is 2.53. The van der Waals surface area contributed by atoms with E-state index in [1.807, 2.05) is 0 Å². The summed E-state index contributed by atoms with van der Waals surface area (Å²) in [5.41, 5.74) is 6.78. The van der Waals surface area contributed by atoms with E-state index in [9.17, 15) is 14.0 Å². The van der Waals surface area contributed by atoms with Gasteiger partial charge in [-0.25, -0.2) is 8.78 Å². The van der Waals surface area contributed by atoms with Crippen LogP contribution in [0.3, 0.4) is 0 Å². The van der Waals surface area contributed by atoms with Crippen LogP contribution in [-0.2, 0) is 16.1 Å². The summed E-state index contributed by atoms with van der Waals surface area (Å²) >= 11 is 0. The van der Waals surface area contributed by atoms with Gasteiger partial charge in [-0.1, -0.05) is 24.3 Å². The van der Waals surface area contributed by atoms with Gasteiger partial charge in [-0.2, -0.15) is 0 Å². The van der Waals surface area contributed by atoms with Gasteiger partial charge in [-0.3, -0.25) is 24.8 Å². The number of rotatable bonds is 4. The van der Waals surface area contributed by atoms with E-state index in [2.05, 4.69) is 4.90 Å². The summed E-state index contributed by atoms with van der Waals surface area (Å²) in [4.78, 5) is 30.0. The summed E-state index contributed by atoms with van der Waals surface area (Å²) in [6.45, 7) is 0.783. The number of hydrogen-bond donors (Lipinski definition) is 2. The number of nitrogen functional groups attached to an aromatic ring is 1. The number of likely N-dealkylation sites (tertiary alicyclic amines) is 1. The monoisotopic (exact) mass is 424 g/mol. The first-order valence-electron chi connectivity index (χ1n) is 10.4. The maximum Gasteiger partial charge on any atom is 0.235 e. The summed E-state index contributed by atoms with van der Waals surface area (Å²) in [7, 11) is 0. The van der Waals surface area contributed by atoms with Gasteiger partial charge in [0.05, 0.1) is 24.4 Å². The first-order valence-corrected chi connectivity index (χ1v) is 10.4. The van der Waals surface area contributed by atoms with Gasteiger partial charge in [-0.05, 0) is 43.1 Å². The Morgan fingerprint density at radius 1 is 1.06 bits per heavy atom. The molecule has 6 nitrogen and oxygen atoms in total. The molecule has 0 unspecified atom stereocenters. The number of amides is 2. The van der Waals surface area contributed by atoms with Crippen LogP contribution in [0.4, 0.5) is 8.78 Å². The second-order valence-corrected chi connectivity index (χ2v) is 8.48. The van der Waals surface area contributed by atoms with Crippen molar-refractivity contribution >= 4 is 17.6 Å². The molecule has 2 aromatic carbocycles. The van der Waals surface area contributed by atoms with Crippen LogP contribution >= 0.6 is 0 Å². The number of hydrogen-bond acceptors (Lipinski definition) is 4. The normalized spacial score (nSPS) is 27.6. The van der Waals surface area contributed by atoms with Crippen molar-refractivity contribution in [1.29, 1.82) is 5.41 Å². The molecule has 3 saturated heterocycles. The van der Waals surface area contributed by atoms with Crippen LogP contribution in [0.1, 0.15) is 35.6 Å². The molecule has 3 fully saturated rings. The molecule has 2 amide bonds. The van der Waals surface area contributed by atoms with Crippen LogP contribution in [0.5, 0.6) is 0 Å². The Morgan fingerprint density at radius 3 is 2.45 bits per heavy atom. The number of halogens is 2. The van der Waals surface area contributed by atoms with Crippen molar-refractivity contribution in [2.24, 2.45) is 17.6 Å². The molecule has 0 aromatic heterocycles. The van der Waals surface area contributed by atoms with Crippen LogP contribution in [0.25, 0.3) is 0 Å². The predicted octanol–water partition coefficient (Wildman–Crippen LogP) is 2.57. The number of benzene rings is 2. The summed E-state index contributed by atoms with van der Waals surface area (Å²) in [5.74, 6) is -2.85. The van der Waals surface area contributed by atoms with Gasteiger partial charge in [0.15, 0.2) is 0 Å². The van der Waals surface area contributed by atoms with Gasteiger partial charge in [-0.15, -0.1) is 0 Å². The average Bonchev–Trinajstić information content (AvgIpc) is 3.38. The third-order valence-corrected chi connectivity index (χ3v) is 6.83. The molecule has 160 valence electrons. The van der Waals surface area contributed by atoms with Crippen LogP contribution in [0.2, 0.25) is 0 Å². The minimum atomic E-state index is -0.657. The van der Waals surface area contributed by atoms with E-state index < -0.39 is 23.7 Å². The van der Waals surface area contributed by atoms with E-state index in [-0.39, 0.29) is 41.6 Å². The fraction of sp³-hybridized carbons (Fsp3) is 0.348. The van der Waals surface area contributed by atoms with Crippen molar-refractivity contribution in [3.05, 3.63) is 70.8 Å². The van der Waals surface area contributed by atoms with Gasteiger partial charge < -0.3 is 5.73 Å². The molecular weight excluding hydrogens is 402 g/mol. The number of nitrogens with one attached hydrogen (secondary N) is 1. The molecule has 3 aliphatic rings. The topological polar surface area (TPSA) is 90.5 Å². The van der Waals surface area contributed by atoms with Crippen molar-refractivity contribution < 1.29 is 18.4 Å². The fourth-order valence-electron chi connectivity index (χ4n) is 5.50. The zero-order chi connectivity index (χ0) is 21.9. The van der Waals surface area contributed by atoms with Crippen LogP contribution < -0.4 is 5.73 Å². The number of carbonyl (C=O) groups is 2. The van der Waals surface area contributed by atoms with E-state index in [0.717, 1.165) is 12.8 Å². The van der Waals surface area contributed by atoms with Crippen molar-refractivity contribution in [2.45, 2.75) is 31.5 Å². The number of nitrogens with two attached hydrogens (primary N) is 1. The van der Waals surface area contributed by atoms with Gasteiger partial charge >= 0.3 is 0 Å². The Morgan fingerprint density at radius 2 is 1.77 bits per heavy atom. The van der Waals surface area contributed by atoms with Crippen LogP contribution in [0, 0.1) is 28.9 Å². The highest BCUT2D eigenvalue weighted by atomic mass is 19.1. The summed E-state index contributed by atoms with van der Waals surface area (Å²) in [6, 6.07) is 9.46. The van der Waals surface area contributed by atoms with Gasteiger partial charge in [0.25, 0.3) is 0 Å². The summed E-state index contributed by atoms with van der Waals surface area (Å²) < 4.78 is 28.3. The molecule has 3 aliphatic heterocycles. The molecule has 5 rings (SSSR count). The minimum absolute atomic E-state index is 0.0795. The highest BCUT2D eigenvalue weighted by molar-refractivity contribution is 6.06. The molecule has 3 N–H and O–H groups in total. The molecule has 3 heterocycles. The quantitative estimate of drug-likeness (QED) is 0.448. The van der Waals surface area contributed by atoms with Crippen molar-refractivity contribution in [3.8, 4) is 0 Å². The number of fused-ring (bicyclic) bond motifs is 3. The molecule has 0 aliphatic carbocycles. The Bertz CT molecular complexity index is 1090. The van der Waals surface area contributed by atoms with E-state index in [0.29, 0.717) is 17.7 Å². The average molecular weight is 424 g/mol. The smallest absolute Gasteiger partial charge is 0.235 e. The Hall–Kier alpha value is -3.13. The SMILES string of the molecule is N=C(N)c1ccc([C@H]2[C@H]3C(=O)N(Cc4ccc(F)cc4)C(=O)[C@H]3[C@@H]3CCCN32)c(F)c1. The number of carbonyl (C=O) groups excluding carboxylic acids is 2. The maximum absolute atomic E-state index is 15.1. The van der Waals surface area contributed by atoms with Crippen molar-refractivity contribution in [3.63, 3.8) is 0 Å². The van der Waals surface area contributed by atoms with Crippen LogP contribution in [-0.4, -0.2) is 40.0 Å². The highest BCUT2D eigenvalue weighted by Gasteiger charge is 2.63. The van der Waals surface area contributed by atoms with E-state index in [1.165, 1.54) is 23.1 Å². The molecule has 31 heavy (non-hydrogen) atoms. The number of nitrogens with zero attached hydrogens (tertiary/aromatic N) is 2. The molecule has 0 saturated carbocycles. The Labute approximate surface area is 178 Å². The molecular formula is C23H22F2N4O2.